The van der Waals surface area contributed by atoms with Crippen molar-refractivity contribution in [2.24, 2.45) is 0 Å². The van der Waals surface area contributed by atoms with Gasteiger partial charge in [-0.25, -0.2) is 0 Å². The van der Waals surface area contributed by atoms with Gasteiger partial charge in [-0.2, -0.15) is 0 Å². The molecule has 1 aliphatic rings. The lowest BCUT2D eigenvalue weighted by molar-refractivity contribution is 0.0624. The number of nitrogens with zero attached hydrogens (tertiary/aromatic N) is 1. The minimum Gasteiger partial charge on any atom is -0.358 e. The summed E-state index contributed by atoms with van der Waals surface area (Å²) in [5.41, 5.74) is 2.32. The van der Waals surface area contributed by atoms with Crippen molar-refractivity contribution in [3.63, 3.8) is 0 Å². The second kappa shape index (κ2) is 5.97. The molecular weight excluding hydrogens is 375 g/mol. The maximum Gasteiger partial charge on any atom is 0.262 e. The van der Waals surface area contributed by atoms with Gasteiger partial charge in [0, 0.05) is 22.2 Å². The van der Waals surface area contributed by atoms with Gasteiger partial charge in [-0.05, 0) is 25.1 Å². The number of ketones is 1. The van der Waals surface area contributed by atoms with Crippen LogP contribution in [0.15, 0.2) is 36.4 Å². The molecule has 4 rings (SSSR count). The minimum absolute atomic E-state index is 0.160. The Kier molecular flexibility index (Phi) is 3.86. The van der Waals surface area contributed by atoms with Gasteiger partial charge < -0.3 is 4.98 Å². The first-order valence-electron chi connectivity index (χ1n) is 7.84. The van der Waals surface area contributed by atoms with Crippen LogP contribution in [0, 0.1) is 6.92 Å². The number of aromatic amines is 1. The highest BCUT2D eigenvalue weighted by Crippen LogP contribution is 2.32. The zero-order chi connectivity index (χ0) is 18.6. The predicted molar refractivity (Wildman–Crippen MR) is 99.2 cm³/mol. The molecule has 0 radical (unpaired) electrons. The average Bonchev–Trinajstić information content (AvgIpc) is 3.05. The van der Waals surface area contributed by atoms with Crippen molar-refractivity contribution in [2.45, 2.75) is 6.92 Å². The van der Waals surface area contributed by atoms with E-state index < -0.39 is 11.8 Å². The lowest BCUT2D eigenvalue weighted by Gasteiger charge is -2.12. The second-order valence-corrected chi connectivity index (χ2v) is 6.92. The third-order valence-corrected chi connectivity index (χ3v) is 5.21. The van der Waals surface area contributed by atoms with Crippen LogP contribution in [0.5, 0.6) is 0 Å². The molecule has 2 amide bonds. The molecule has 0 bridgehead atoms. The molecule has 7 heteroatoms. The smallest absolute Gasteiger partial charge is 0.262 e. The third-order valence-electron chi connectivity index (χ3n) is 4.49. The molecule has 1 aromatic heterocycles. The molecule has 0 aliphatic carbocycles. The number of carbonyl (C=O) groups is 3. The van der Waals surface area contributed by atoms with E-state index in [2.05, 4.69) is 4.98 Å². The Morgan fingerprint density at radius 3 is 2.23 bits per heavy atom. The average molecular weight is 387 g/mol. The first-order chi connectivity index (χ1) is 12.4. The monoisotopic (exact) mass is 386 g/mol. The number of Topliss-reactive ketones (excluding diaryl/α,β-unsaturated/α-hetero) is 1. The van der Waals surface area contributed by atoms with Crippen molar-refractivity contribution >= 4 is 51.7 Å². The molecule has 0 fully saturated rings. The number of imide groups is 1. The summed E-state index contributed by atoms with van der Waals surface area (Å²) in [6, 6.07) is 10.1. The third kappa shape index (κ3) is 2.43. The van der Waals surface area contributed by atoms with Gasteiger partial charge >= 0.3 is 0 Å². The van der Waals surface area contributed by atoms with Crippen molar-refractivity contribution in [3.8, 4) is 0 Å². The van der Waals surface area contributed by atoms with Crippen LogP contribution >= 0.6 is 23.2 Å². The van der Waals surface area contributed by atoms with Crippen molar-refractivity contribution in [2.75, 3.05) is 6.54 Å². The lowest BCUT2D eigenvalue weighted by Crippen LogP contribution is -2.35. The van der Waals surface area contributed by atoms with E-state index in [9.17, 15) is 14.4 Å². The van der Waals surface area contributed by atoms with Gasteiger partial charge in [0.05, 0.1) is 27.7 Å². The number of amides is 2. The van der Waals surface area contributed by atoms with Crippen LogP contribution in [-0.2, 0) is 0 Å². The van der Waals surface area contributed by atoms with Gasteiger partial charge in [0.1, 0.15) is 0 Å². The van der Waals surface area contributed by atoms with Crippen molar-refractivity contribution in [3.05, 3.63) is 68.8 Å². The van der Waals surface area contributed by atoms with Crippen molar-refractivity contribution < 1.29 is 14.4 Å². The lowest BCUT2D eigenvalue weighted by atomic mass is 10.1. The number of hydrogen-bond acceptors (Lipinski definition) is 3. The van der Waals surface area contributed by atoms with Gasteiger partial charge in [0.2, 0.25) is 0 Å². The molecule has 1 N–H and O–H groups in total. The van der Waals surface area contributed by atoms with Gasteiger partial charge in [0.15, 0.2) is 5.78 Å². The Hall–Kier alpha value is -2.63. The summed E-state index contributed by atoms with van der Waals surface area (Å²) < 4.78 is 0. The topological polar surface area (TPSA) is 70.2 Å². The number of benzene rings is 2. The van der Waals surface area contributed by atoms with E-state index in [4.69, 9.17) is 23.2 Å². The number of nitrogens with one attached hydrogen (secondary N) is 1. The van der Waals surface area contributed by atoms with Gasteiger partial charge in [0.25, 0.3) is 11.8 Å². The number of fused-ring (bicyclic) bond motifs is 2. The largest absolute Gasteiger partial charge is 0.358 e. The minimum atomic E-state index is -0.547. The van der Waals surface area contributed by atoms with E-state index in [-0.39, 0.29) is 33.5 Å². The SMILES string of the molecule is Cc1[nH]c2ccccc2c1C(=O)CN1C(=O)c2cc(Cl)c(Cl)cc2C1=O. The van der Waals surface area contributed by atoms with Crippen LogP contribution in [-0.4, -0.2) is 34.0 Å². The quantitative estimate of drug-likeness (QED) is 0.539. The number of H-pyrrole nitrogens is 1. The molecule has 2 heterocycles. The zero-order valence-corrected chi connectivity index (χ0v) is 15.1. The summed E-state index contributed by atoms with van der Waals surface area (Å²) in [7, 11) is 0. The van der Waals surface area contributed by atoms with Crippen LogP contribution in [0.4, 0.5) is 0 Å². The highest BCUT2D eigenvalue weighted by atomic mass is 35.5. The van der Waals surface area contributed by atoms with E-state index in [0.29, 0.717) is 11.3 Å². The Bertz CT molecular complexity index is 1080. The highest BCUT2D eigenvalue weighted by Gasteiger charge is 2.38. The molecule has 130 valence electrons. The number of aromatic nitrogens is 1. The molecule has 0 spiro atoms. The summed E-state index contributed by atoms with van der Waals surface area (Å²) in [4.78, 5) is 42.1. The fourth-order valence-electron chi connectivity index (χ4n) is 3.29. The van der Waals surface area contributed by atoms with Crippen LogP contribution in [0.25, 0.3) is 10.9 Å². The molecule has 0 atom stereocenters. The number of aryl methyl sites for hydroxylation is 1. The maximum absolute atomic E-state index is 12.9. The summed E-state index contributed by atoms with van der Waals surface area (Å²) in [6.45, 7) is 1.44. The second-order valence-electron chi connectivity index (χ2n) is 6.10. The predicted octanol–water partition coefficient (Wildman–Crippen LogP) is 4.26. The fraction of sp³-hybridized carbons (Fsp3) is 0.105. The number of para-hydroxylation sites is 1. The Labute approximate surface area is 158 Å². The van der Waals surface area contributed by atoms with Gasteiger partial charge in [-0.1, -0.05) is 41.4 Å². The van der Waals surface area contributed by atoms with E-state index in [0.717, 1.165) is 15.8 Å². The van der Waals surface area contributed by atoms with Gasteiger partial charge in [-0.3, -0.25) is 19.3 Å². The first-order valence-corrected chi connectivity index (χ1v) is 8.60. The zero-order valence-electron chi connectivity index (χ0n) is 13.6. The van der Waals surface area contributed by atoms with Crippen LogP contribution in [0.2, 0.25) is 10.0 Å². The normalized spacial score (nSPS) is 13.6. The van der Waals surface area contributed by atoms with Crippen molar-refractivity contribution in [1.82, 2.24) is 9.88 Å². The van der Waals surface area contributed by atoms with Crippen molar-refractivity contribution in [1.29, 1.82) is 0 Å². The summed E-state index contributed by atoms with van der Waals surface area (Å²) in [6.07, 6.45) is 0. The molecular formula is C19H12Cl2N2O3. The van der Waals surface area contributed by atoms with Crippen LogP contribution in [0.1, 0.15) is 36.8 Å². The molecule has 1 aliphatic heterocycles. The molecule has 26 heavy (non-hydrogen) atoms. The highest BCUT2D eigenvalue weighted by molar-refractivity contribution is 6.43. The first kappa shape index (κ1) is 16.8. The molecule has 3 aromatic rings. The van der Waals surface area contributed by atoms with E-state index >= 15 is 0 Å². The molecule has 2 aromatic carbocycles. The molecule has 0 unspecified atom stereocenters. The fourth-order valence-corrected chi connectivity index (χ4v) is 3.61. The van der Waals surface area contributed by atoms with Crippen LogP contribution in [0.3, 0.4) is 0 Å². The number of carbonyl (C=O) groups excluding carboxylic acids is 3. The van der Waals surface area contributed by atoms with E-state index in [1.54, 1.807) is 6.92 Å². The molecule has 5 nitrogen and oxygen atoms in total. The Morgan fingerprint density at radius 1 is 1.04 bits per heavy atom. The summed E-state index contributed by atoms with van der Waals surface area (Å²) in [5.74, 6) is -1.41. The summed E-state index contributed by atoms with van der Waals surface area (Å²) >= 11 is 11.9. The Balaban J connectivity index is 1.69. The standard InChI is InChI=1S/C19H12Cl2N2O3/c1-9-17(10-4-2-3-5-15(10)22-9)16(24)8-23-18(25)11-6-13(20)14(21)7-12(11)19(23)26/h2-7,22H,8H2,1H3. The molecule has 0 saturated heterocycles. The van der Waals surface area contributed by atoms with E-state index in [1.165, 1.54) is 12.1 Å². The molecule has 0 saturated carbocycles. The number of halogens is 2. The van der Waals surface area contributed by atoms with Crippen LogP contribution < -0.4 is 0 Å². The number of hydrogen-bond donors (Lipinski definition) is 1. The summed E-state index contributed by atoms with van der Waals surface area (Å²) in [5, 5.41) is 1.14. The van der Waals surface area contributed by atoms with Gasteiger partial charge in [-0.15, -0.1) is 0 Å². The number of rotatable bonds is 3. The maximum atomic E-state index is 12.9. The van der Waals surface area contributed by atoms with E-state index in [1.807, 2.05) is 24.3 Å². The Morgan fingerprint density at radius 2 is 1.62 bits per heavy atom.